The zero-order chi connectivity index (χ0) is 11.0. The number of benzene rings is 1. The highest BCUT2D eigenvalue weighted by Gasteiger charge is 2.06. The van der Waals surface area contributed by atoms with Crippen molar-refractivity contribution in [3.8, 4) is 11.4 Å². The van der Waals surface area contributed by atoms with Crippen LogP contribution < -0.4 is 5.73 Å². The Morgan fingerprint density at radius 3 is 2.39 bits per heavy atom. The zero-order valence-corrected chi connectivity index (χ0v) is 11.0. The molecule has 0 amide bonds. The number of nitrogens with two attached hydrogens (primary N) is 1. The number of rotatable bonds is 1. The van der Waals surface area contributed by atoms with E-state index in [1.165, 1.54) is 0 Å². The summed E-state index contributed by atoms with van der Waals surface area (Å²) >= 11 is 0. The van der Waals surface area contributed by atoms with Crippen LogP contribution in [-0.4, -0.2) is 15.0 Å². The van der Waals surface area contributed by atoms with Crippen LogP contribution in [0.4, 0.5) is 5.82 Å². The first kappa shape index (κ1) is 14.3. The first-order chi connectivity index (χ1) is 7.84. The van der Waals surface area contributed by atoms with E-state index in [0.717, 1.165) is 16.6 Å². The second-order valence-corrected chi connectivity index (χ2v) is 3.54. The Balaban J connectivity index is 0.000000810. The Morgan fingerprint density at radius 1 is 0.944 bits per heavy atom. The molecule has 0 aliphatic rings. The minimum absolute atomic E-state index is 0. The minimum Gasteiger partial charge on any atom is -0.382 e. The second kappa shape index (κ2) is 5.71. The fourth-order valence-electron chi connectivity index (χ4n) is 1.68. The molecular formula is C12H12Cl2N4. The molecule has 6 heteroatoms. The van der Waals surface area contributed by atoms with Crippen molar-refractivity contribution in [3.05, 3.63) is 42.6 Å². The number of halogens is 2. The molecule has 3 rings (SSSR count). The van der Waals surface area contributed by atoms with E-state index >= 15 is 0 Å². The van der Waals surface area contributed by atoms with Gasteiger partial charge in [-0.05, 0) is 6.07 Å². The predicted octanol–water partition coefficient (Wildman–Crippen LogP) is 3.05. The third kappa shape index (κ3) is 2.39. The standard InChI is InChI=1S/C12H10N4.2ClH/c13-11-10-9(6-7-14-10)15-12(16-11)8-4-2-1-3-5-8;;/h1-7,14H,(H2,13,15,16);2*1H. The number of nitrogens with one attached hydrogen (secondary N) is 1. The van der Waals surface area contributed by atoms with Crippen molar-refractivity contribution in [2.24, 2.45) is 0 Å². The van der Waals surface area contributed by atoms with Crippen LogP contribution in [0.5, 0.6) is 0 Å². The summed E-state index contributed by atoms with van der Waals surface area (Å²) < 4.78 is 0. The van der Waals surface area contributed by atoms with Gasteiger partial charge in [0.1, 0.15) is 5.52 Å². The van der Waals surface area contributed by atoms with Gasteiger partial charge in [0.15, 0.2) is 11.6 Å². The molecule has 1 aromatic carbocycles. The maximum absolute atomic E-state index is 5.86. The SMILES string of the molecule is Cl.Cl.Nc1nc(-c2ccccc2)nc2cc[nH]c12. The van der Waals surface area contributed by atoms with Gasteiger partial charge < -0.3 is 10.7 Å². The third-order valence-electron chi connectivity index (χ3n) is 2.47. The van der Waals surface area contributed by atoms with E-state index < -0.39 is 0 Å². The summed E-state index contributed by atoms with van der Waals surface area (Å²) in [6.45, 7) is 0. The van der Waals surface area contributed by atoms with Crippen molar-refractivity contribution < 1.29 is 0 Å². The normalized spacial score (nSPS) is 9.56. The molecule has 3 N–H and O–H groups in total. The molecule has 0 saturated carbocycles. The lowest BCUT2D eigenvalue weighted by atomic mass is 10.2. The smallest absolute Gasteiger partial charge is 0.162 e. The Morgan fingerprint density at radius 2 is 1.67 bits per heavy atom. The van der Waals surface area contributed by atoms with E-state index in [-0.39, 0.29) is 24.8 Å². The molecule has 3 aromatic rings. The molecule has 0 saturated heterocycles. The number of hydrogen-bond acceptors (Lipinski definition) is 3. The quantitative estimate of drug-likeness (QED) is 0.721. The summed E-state index contributed by atoms with van der Waals surface area (Å²) in [5.41, 5.74) is 8.46. The number of aromatic amines is 1. The molecule has 94 valence electrons. The first-order valence-electron chi connectivity index (χ1n) is 5.00. The number of fused-ring (bicyclic) bond motifs is 1. The van der Waals surface area contributed by atoms with Crippen LogP contribution in [0.15, 0.2) is 42.6 Å². The number of nitrogens with zero attached hydrogens (tertiary/aromatic N) is 2. The largest absolute Gasteiger partial charge is 0.382 e. The van der Waals surface area contributed by atoms with Crippen molar-refractivity contribution in [2.45, 2.75) is 0 Å². The Bertz CT molecular complexity index is 637. The van der Waals surface area contributed by atoms with Gasteiger partial charge in [0.05, 0.1) is 5.52 Å². The van der Waals surface area contributed by atoms with Crippen molar-refractivity contribution >= 4 is 41.7 Å². The summed E-state index contributed by atoms with van der Waals surface area (Å²) in [5.74, 6) is 1.14. The van der Waals surface area contributed by atoms with Crippen LogP contribution in [-0.2, 0) is 0 Å². The molecule has 0 spiro atoms. The topological polar surface area (TPSA) is 67.6 Å². The summed E-state index contributed by atoms with van der Waals surface area (Å²) in [7, 11) is 0. The number of H-pyrrole nitrogens is 1. The average molecular weight is 283 g/mol. The summed E-state index contributed by atoms with van der Waals surface area (Å²) in [5, 5.41) is 0. The summed E-state index contributed by atoms with van der Waals surface area (Å²) in [4.78, 5) is 11.7. The molecule has 18 heavy (non-hydrogen) atoms. The van der Waals surface area contributed by atoms with E-state index in [0.29, 0.717) is 11.6 Å². The highest BCUT2D eigenvalue weighted by Crippen LogP contribution is 2.21. The summed E-state index contributed by atoms with van der Waals surface area (Å²) in [6, 6.07) is 11.7. The molecule has 0 unspecified atom stereocenters. The Kier molecular flexibility index (Phi) is 4.53. The van der Waals surface area contributed by atoms with E-state index in [1.807, 2.05) is 42.6 Å². The lowest BCUT2D eigenvalue weighted by Gasteiger charge is -2.02. The number of nitrogen functional groups attached to an aromatic ring is 1. The van der Waals surface area contributed by atoms with Crippen LogP contribution in [0.2, 0.25) is 0 Å². The van der Waals surface area contributed by atoms with E-state index in [9.17, 15) is 0 Å². The van der Waals surface area contributed by atoms with Crippen LogP contribution in [0.1, 0.15) is 0 Å². The monoisotopic (exact) mass is 282 g/mol. The number of hydrogen-bond donors (Lipinski definition) is 2. The van der Waals surface area contributed by atoms with Gasteiger partial charge in [-0.15, -0.1) is 24.8 Å². The maximum atomic E-state index is 5.86. The molecule has 0 aliphatic carbocycles. The maximum Gasteiger partial charge on any atom is 0.162 e. The van der Waals surface area contributed by atoms with Crippen molar-refractivity contribution in [1.82, 2.24) is 15.0 Å². The number of aromatic nitrogens is 3. The summed E-state index contributed by atoms with van der Waals surface area (Å²) in [6.07, 6.45) is 1.81. The molecule has 4 nitrogen and oxygen atoms in total. The zero-order valence-electron chi connectivity index (χ0n) is 9.33. The van der Waals surface area contributed by atoms with E-state index in [1.54, 1.807) is 0 Å². The van der Waals surface area contributed by atoms with E-state index in [4.69, 9.17) is 5.73 Å². The molecule has 0 fully saturated rings. The molecule has 2 heterocycles. The lowest BCUT2D eigenvalue weighted by molar-refractivity contribution is 1.23. The van der Waals surface area contributed by atoms with Gasteiger partial charge >= 0.3 is 0 Å². The van der Waals surface area contributed by atoms with Gasteiger partial charge in [0.2, 0.25) is 0 Å². The molecular weight excluding hydrogens is 271 g/mol. The first-order valence-corrected chi connectivity index (χ1v) is 5.00. The van der Waals surface area contributed by atoms with Gasteiger partial charge in [-0.1, -0.05) is 30.3 Å². The highest BCUT2D eigenvalue weighted by molar-refractivity contribution is 5.86. The van der Waals surface area contributed by atoms with Gasteiger partial charge in [-0.2, -0.15) is 0 Å². The Labute approximate surface area is 116 Å². The minimum atomic E-state index is 0. The van der Waals surface area contributed by atoms with Gasteiger partial charge in [-0.25, -0.2) is 9.97 Å². The van der Waals surface area contributed by atoms with Crippen molar-refractivity contribution in [3.63, 3.8) is 0 Å². The fourth-order valence-corrected chi connectivity index (χ4v) is 1.68. The van der Waals surface area contributed by atoms with E-state index in [2.05, 4.69) is 15.0 Å². The Hall–Kier alpha value is -1.78. The molecule has 0 bridgehead atoms. The van der Waals surface area contributed by atoms with Crippen LogP contribution in [0.3, 0.4) is 0 Å². The average Bonchev–Trinajstić information content (AvgIpc) is 2.79. The van der Waals surface area contributed by atoms with Crippen LogP contribution >= 0.6 is 24.8 Å². The highest BCUT2D eigenvalue weighted by atomic mass is 35.5. The van der Waals surface area contributed by atoms with Gasteiger partial charge in [0, 0.05) is 11.8 Å². The molecule has 0 atom stereocenters. The van der Waals surface area contributed by atoms with Crippen LogP contribution in [0, 0.1) is 0 Å². The number of anilines is 1. The molecule has 2 aromatic heterocycles. The lowest BCUT2D eigenvalue weighted by Crippen LogP contribution is -1.96. The van der Waals surface area contributed by atoms with Gasteiger partial charge in [-0.3, -0.25) is 0 Å². The third-order valence-corrected chi connectivity index (χ3v) is 2.47. The van der Waals surface area contributed by atoms with Crippen molar-refractivity contribution in [2.75, 3.05) is 5.73 Å². The fraction of sp³-hybridized carbons (Fsp3) is 0. The van der Waals surface area contributed by atoms with Crippen LogP contribution in [0.25, 0.3) is 22.4 Å². The second-order valence-electron chi connectivity index (χ2n) is 3.54. The van der Waals surface area contributed by atoms with Crippen molar-refractivity contribution in [1.29, 1.82) is 0 Å². The molecule has 0 aliphatic heterocycles. The predicted molar refractivity (Wildman–Crippen MR) is 78.2 cm³/mol. The van der Waals surface area contributed by atoms with Gasteiger partial charge in [0.25, 0.3) is 0 Å². The molecule has 0 radical (unpaired) electrons.